The summed E-state index contributed by atoms with van der Waals surface area (Å²) in [4.78, 5) is 13.6. The van der Waals surface area contributed by atoms with Crippen molar-refractivity contribution in [2.75, 3.05) is 0 Å². The van der Waals surface area contributed by atoms with Crippen molar-refractivity contribution in [3.05, 3.63) is 28.5 Å². The summed E-state index contributed by atoms with van der Waals surface area (Å²) >= 11 is 0. The van der Waals surface area contributed by atoms with Gasteiger partial charge < -0.3 is 13.7 Å². The third-order valence-corrected chi connectivity index (χ3v) is 4.02. The van der Waals surface area contributed by atoms with Gasteiger partial charge in [0.05, 0.1) is 16.7 Å². The lowest BCUT2D eigenvalue weighted by Gasteiger charge is -2.32. The molecule has 0 aliphatic carbocycles. The van der Waals surface area contributed by atoms with Gasteiger partial charge in [-0.1, -0.05) is 0 Å². The lowest BCUT2D eigenvalue weighted by atomic mass is 9.79. The molecule has 1 saturated heterocycles. The van der Waals surface area contributed by atoms with E-state index in [1.807, 2.05) is 27.7 Å². The quantitative estimate of drug-likeness (QED) is 0.804. The molecule has 0 atom stereocenters. The van der Waals surface area contributed by atoms with Crippen molar-refractivity contribution in [1.29, 1.82) is 0 Å². The van der Waals surface area contributed by atoms with Crippen molar-refractivity contribution < 1.29 is 18.1 Å². The van der Waals surface area contributed by atoms with Crippen molar-refractivity contribution in [3.8, 4) is 0 Å². The highest BCUT2D eigenvalue weighted by molar-refractivity contribution is 6.62. The number of fused-ring (bicyclic) bond motifs is 1. The van der Waals surface area contributed by atoms with Gasteiger partial charge in [0.25, 0.3) is 0 Å². The number of aromatic nitrogens is 1. The van der Waals surface area contributed by atoms with E-state index >= 15 is 0 Å². The zero-order chi connectivity index (χ0) is 14.7. The Morgan fingerprint density at radius 3 is 2.35 bits per heavy atom. The summed E-state index contributed by atoms with van der Waals surface area (Å²) in [5, 5.41) is 0. The molecule has 7 heteroatoms. The van der Waals surface area contributed by atoms with Crippen LogP contribution in [0.2, 0.25) is 0 Å². The first-order valence-electron chi connectivity index (χ1n) is 6.37. The maximum absolute atomic E-state index is 13.9. The molecule has 0 unspecified atom stereocenters. The number of rotatable bonds is 1. The molecule has 0 spiro atoms. The van der Waals surface area contributed by atoms with Crippen LogP contribution in [0.1, 0.15) is 27.7 Å². The molecule has 2 aromatic rings. The fourth-order valence-electron chi connectivity index (χ4n) is 2.15. The van der Waals surface area contributed by atoms with E-state index < -0.39 is 29.9 Å². The molecule has 0 amide bonds. The normalized spacial score (nSPS) is 20.8. The smallest absolute Gasteiger partial charge is 0.405 e. The van der Waals surface area contributed by atoms with Gasteiger partial charge in [-0.3, -0.25) is 4.98 Å². The van der Waals surface area contributed by atoms with E-state index in [1.54, 1.807) is 6.07 Å². The Hall–Kier alpha value is -1.60. The second kappa shape index (κ2) is 3.96. The zero-order valence-corrected chi connectivity index (χ0v) is 11.7. The van der Waals surface area contributed by atoms with Crippen LogP contribution in [-0.2, 0) is 9.31 Å². The van der Waals surface area contributed by atoms with Crippen LogP contribution in [0, 0.1) is 5.82 Å². The lowest BCUT2D eigenvalue weighted by molar-refractivity contribution is 0.00578. The minimum absolute atomic E-state index is 0.0877. The van der Waals surface area contributed by atoms with E-state index in [9.17, 15) is 9.18 Å². The van der Waals surface area contributed by atoms with E-state index in [4.69, 9.17) is 13.7 Å². The molecular weight excluding hydrogens is 264 g/mol. The van der Waals surface area contributed by atoms with Crippen LogP contribution in [-0.4, -0.2) is 23.3 Å². The average Bonchev–Trinajstić information content (AvgIpc) is 2.77. The van der Waals surface area contributed by atoms with Crippen LogP contribution >= 0.6 is 0 Å². The highest BCUT2D eigenvalue weighted by Crippen LogP contribution is 2.36. The Kier molecular flexibility index (Phi) is 2.65. The number of hydrogen-bond acceptors (Lipinski definition) is 4. The van der Waals surface area contributed by atoms with Crippen molar-refractivity contribution in [2.45, 2.75) is 38.9 Å². The maximum Gasteiger partial charge on any atom is 0.495 e. The molecule has 20 heavy (non-hydrogen) atoms. The third-order valence-electron chi connectivity index (χ3n) is 4.02. The predicted molar refractivity (Wildman–Crippen MR) is 72.5 cm³/mol. The molecule has 1 N–H and O–H groups in total. The number of aromatic amines is 1. The SMILES string of the molecule is CC1(C)OB(c2cc(F)c3oc(=O)[nH]c3c2)OC1(C)C. The first-order valence-corrected chi connectivity index (χ1v) is 6.37. The molecular formula is C13H15BFNO4. The van der Waals surface area contributed by atoms with Gasteiger partial charge in [-0.25, -0.2) is 9.18 Å². The molecule has 0 saturated carbocycles. The van der Waals surface area contributed by atoms with E-state index in [2.05, 4.69) is 4.98 Å². The van der Waals surface area contributed by atoms with Crippen LogP contribution in [0.4, 0.5) is 4.39 Å². The number of benzene rings is 1. The first-order chi connectivity index (χ1) is 9.19. The van der Waals surface area contributed by atoms with Gasteiger partial charge in [0.15, 0.2) is 11.4 Å². The average molecular weight is 279 g/mol. The summed E-state index contributed by atoms with van der Waals surface area (Å²) < 4.78 is 30.4. The van der Waals surface area contributed by atoms with Gasteiger partial charge in [-0.05, 0) is 45.3 Å². The molecule has 0 bridgehead atoms. The Bertz CT molecular complexity index is 718. The monoisotopic (exact) mass is 279 g/mol. The van der Waals surface area contributed by atoms with Gasteiger partial charge in [0, 0.05) is 0 Å². The molecule has 1 aliphatic rings. The van der Waals surface area contributed by atoms with E-state index in [0.29, 0.717) is 11.0 Å². The van der Waals surface area contributed by atoms with Gasteiger partial charge in [-0.2, -0.15) is 0 Å². The van der Waals surface area contributed by atoms with Gasteiger partial charge in [0.1, 0.15) is 0 Å². The maximum atomic E-state index is 13.9. The van der Waals surface area contributed by atoms with Gasteiger partial charge in [-0.15, -0.1) is 0 Å². The Balaban J connectivity index is 2.06. The van der Waals surface area contributed by atoms with Crippen molar-refractivity contribution in [2.24, 2.45) is 0 Å². The number of halogens is 1. The second-order valence-corrected chi connectivity index (χ2v) is 5.98. The number of nitrogens with one attached hydrogen (secondary N) is 1. The van der Waals surface area contributed by atoms with Crippen molar-refractivity contribution in [3.63, 3.8) is 0 Å². The highest BCUT2D eigenvalue weighted by atomic mass is 19.1. The topological polar surface area (TPSA) is 64.5 Å². The number of H-pyrrole nitrogens is 1. The largest absolute Gasteiger partial charge is 0.495 e. The van der Waals surface area contributed by atoms with Crippen molar-refractivity contribution >= 4 is 23.7 Å². The van der Waals surface area contributed by atoms with Crippen LogP contribution in [0.15, 0.2) is 21.3 Å². The molecule has 3 rings (SSSR count). The van der Waals surface area contributed by atoms with Crippen LogP contribution < -0.4 is 11.2 Å². The van der Waals surface area contributed by atoms with E-state index in [0.717, 1.165) is 0 Å². The lowest BCUT2D eigenvalue weighted by Crippen LogP contribution is -2.41. The van der Waals surface area contributed by atoms with Crippen LogP contribution in [0.25, 0.3) is 11.1 Å². The zero-order valence-electron chi connectivity index (χ0n) is 11.7. The highest BCUT2D eigenvalue weighted by Gasteiger charge is 2.51. The van der Waals surface area contributed by atoms with Crippen molar-refractivity contribution in [1.82, 2.24) is 4.98 Å². The summed E-state index contributed by atoms with van der Waals surface area (Å²) in [5.74, 6) is -1.31. The summed E-state index contributed by atoms with van der Waals surface area (Å²) in [6.07, 6.45) is 0. The predicted octanol–water partition coefficient (Wildman–Crippen LogP) is 1.56. The standard InChI is InChI=1S/C13H15BFNO4/c1-12(2)13(3,4)20-14(19-12)7-5-8(15)10-9(6-7)16-11(17)18-10/h5-6H,1-4H3,(H,16,17). The fraction of sp³-hybridized carbons (Fsp3) is 0.462. The fourth-order valence-corrected chi connectivity index (χ4v) is 2.15. The van der Waals surface area contributed by atoms with Gasteiger partial charge in [0.2, 0.25) is 0 Å². The Morgan fingerprint density at radius 2 is 1.75 bits per heavy atom. The van der Waals surface area contributed by atoms with Gasteiger partial charge >= 0.3 is 12.9 Å². The second-order valence-electron chi connectivity index (χ2n) is 5.98. The number of hydrogen-bond donors (Lipinski definition) is 1. The van der Waals surface area contributed by atoms with E-state index in [1.165, 1.54) is 6.07 Å². The minimum Gasteiger partial charge on any atom is -0.405 e. The molecule has 2 heterocycles. The Morgan fingerprint density at radius 1 is 1.15 bits per heavy atom. The number of oxazole rings is 1. The molecule has 0 radical (unpaired) electrons. The molecule has 1 fully saturated rings. The van der Waals surface area contributed by atoms with Crippen LogP contribution in [0.3, 0.4) is 0 Å². The third kappa shape index (κ3) is 1.89. The Labute approximate surface area is 115 Å². The summed E-state index contributed by atoms with van der Waals surface area (Å²) in [7, 11) is -0.683. The summed E-state index contributed by atoms with van der Waals surface area (Å²) in [5.41, 5.74) is -0.305. The van der Waals surface area contributed by atoms with E-state index in [-0.39, 0.29) is 5.58 Å². The molecule has 1 aliphatic heterocycles. The first kappa shape index (κ1) is 13.4. The molecule has 106 valence electrons. The summed E-state index contributed by atoms with van der Waals surface area (Å²) in [6.45, 7) is 7.67. The molecule has 5 nitrogen and oxygen atoms in total. The summed E-state index contributed by atoms with van der Waals surface area (Å²) in [6, 6.07) is 2.87. The van der Waals surface area contributed by atoms with Crippen LogP contribution in [0.5, 0.6) is 0 Å². The molecule has 1 aromatic carbocycles. The minimum atomic E-state index is -0.690. The molecule has 1 aromatic heterocycles.